The van der Waals surface area contributed by atoms with Crippen molar-refractivity contribution in [2.75, 3.05) is 0 Å². The third-order valence-electron chi connectivity index (χ3n) is 1.17. The number of benzene rings is 1. The molecule has 0 nitrogen and oxygen atoms in total. The van der Waals surface area contributed by atoms with Crippen LogP contribution in [-0.2, 0) is 0 Å². The van der Waals surface area contributed by atoms with E-state index in [-0.39, 0.29) is 5.82 Å². The summed E-state index contributed by atoms with van der Waals surface area (Å²) in [5.41, 5.74) is 0.935. The number of hydrogen-bond donors (Lipinski definition) is 0. The molecule has 0 aliphatic heterocycles. The lowest BCUT2D eigenvalue weighted by Gasteiger charge is -1.99. The summed E-state index contributed by atoms with van der Waals surface area (Å²) in [6.45, 7) is 1.87. The van der Waals surface area contributed by atoms with E-state index in [1.807, 2.05) is 13.0 Å². The average molecular weight is 315 g/mol. The minimum absolute atomic E-state index is 0.190. The third-order valence-corrected chi connectivity index (χ3v) is 2.80. The van der Waals surface area contributed by atoms with Gasteiger partial charge in [-0.3, -0.25) is 0 Å². The molecule has 0 heterocycles. The van der Waals surface area contributed by atoms with E-state index in [1.54, 1.807) is 0 Å². The molecule has 0 saturated carbocycles. The van der Waals surface area contributed by atoms with Gasteiger partial charge in [-0.15, -0.1) is 0 Å². The molecule has 0 amide bonds. The molecule has 54 valence electrons. The van der Waals surface area contributed by atoms with Crippen molar-refractivity contribution in [3.63, 3.8) is 0 Å². The van der Waals surface area contributed by atoms with Gasteiger partial charge in [0.25, 0.3) is 0 Å². The summed E-state index contributed by atoms with van der Waals surface area (Å²) in [5.74, 6) is -0.190. The average Bonchev–Trinajstić information content (AvgIpc) is 1.82. The van der Waals surface area contributed by atoms with Gasteiger partial charge >= 0.3 is 0 Å². The molecule has 0 aliphatic rings. The van der Waals surface area contributed by atoms with E-state index in [4.69, 9.17) is 0 Å². The standard InChI is InChI=1S/C7H5BrFI/c1-4-2-5(10)3-6(9)7(4)8/h2-3H,1H3. The van der Waals surface area contributed by atoms with Crippen molar-refractivity contribution in [1.82, 2.24) is 0 Å². The zero-order valence-corrected chi connectivity index (χ0v) is 9.03. The van der Waals surface area contributed by atoms with E-state index in [9.17, 15) is 4.39 Å². The maximum atomic E-state index is 12.8. The van der Waals surface area contributed by atoms with Crippen LogP contribution < -0.4 is 0 Å². The Labute approximate surface area is 81.1 Å². The molecule has 1 aromatic carbocycles. The van der Waals surface area contributed by atoms with Crippen LogP contribution in [0, 0.1) is 16.3 Å². The minimum Gasteiger partial charge on any atom is -0.206 e. The second kappa shape index (κ2) is 3.17. The fourth-order valence-corrected chi connectivity index (χ4v) is 1.65. The third kappa shape index (κ3) is 1.69. The Hall–Kier alpha value is 0.360. The van der Waals surface area contributed by atoms with Crippen molar-refractivity contribution in [3.05, 3.63) is 31.6 Å². The molecule has 0 saturated heterocycles. The van der Waals surface area contributed by atoms with Crippen LogP contribution in [0.1, 0.15) is 5.56 Å². The molecular weight excluding hydrogens is 310 g/mol. The summed E-state index contributed by atoms with van der Waals surface area (Å²) in [4.78, 5) is 0. The molecular formula is C7H5BrFI. The lowest BCUT2D eigenvalue weighted by atomic mass is 10.2. The Balaban J connectivity index is 3.31. The summed E-state index contributed by atoms with van der Waals surface area (Å²) in [5, 5.41) is 0. The van der Waals surface area contributed by atoms with Crippen LogP contribution in [0.5, 0.6) is 0 Å². The van der Waals surface area contributed by atoms with E-state index in [2.05, 4.69) is 38.5 Å². The summed E-state index contributed by atoms with van der Waals surface area (Å²) < 4.78 is 14.3. The monoisotopic (exact) mass is 314 g/mol. The van der Waals surface area contributed by atoms with Gasteiger partial charge in [0.1, 0.15) is 5.82 Å². The van der Waals surface area contributed by atoms with E-state index in [0.717, 1.165) is 9.13 Å². The molecule has 0 spiro atoms. The van der Waals surface area contributed by atoms with Gasteiger partial charge in [0, 0.05) is 3.57 Å². The molecule has 10 heavy (non-hydrogen) atoms. The van der Waals surface area contributed by atoms with Crippen LogP contribution in [0.3, 0.4) is 0 Å². The first kappa shape index (κ1) is 8.46. The second-order valence-corrected chi connectivity index (χ2v) is 4.06. The lowest BCUT2D eigenvalue weighted by molar-refractivity contribution is 0.618. The van der Waals surface area contributed by atoms with E-state index >= 15 is 0 Å². The minimum atomic E-state index is -0.190. The summed E-state index contributed by atoms with van der Waals surface area (Å²) >= 11 is 5.22. The maximum Gasteiger partial charge on any atom is 0.138 e. The highest BCUT2D eigenvalue weighted by Crippen LogP contribution is 2.22. The van der Waals surface area contributed by atoms with Crippen molar-refractivity contribution in [1.29, 1.82) is 0 Å². The van der Waals surface area contributed by atoms with Crippen LogP contribution >= 0.6 is 38.5 Å². The van der Waals surface area contributed by atoms with Crippen LogP contribution in [0.2, 0.25) is 0 Å². The van der Waals surface area contributed by atoms with Crippen molar-refractivity contribution in [2.24, 2.45) is 0 Å². The molecule has 0 atom stereocenters. The fourth-order valence-electron chi connectivity index (χ4n) is 0.685. The predicted molar refractivity (Wildman–Crippen MR) is 51.6 cm³/mol. The molecule has 0 unspecified atom stereocenters. The number of rotatable bonds is 0. The molecule has 0 radical (unpaired) electrons. The van der Waals surface area contributed by atoms with Crippen LogP contribution in [0.4, 0.5) is 4.39 Å². The molecule has 0 aliphatic carbocycles. The molecule has 0 bridgehead atoms. The SMILES string of the molecule is Cc1cc(I)cc(F)c1Br. The number of halogens is 3. The zero-order valence-electron chi connectivity index (χ0n) is 5.29. The van der Waals surface area contributed by atoms with Gasteiger partial charge in [-0.1, -0.05) is 0 Å². The Bertz CT molecular complexity index is 237. The first-order chi connectivity index (χ1) is 4.61. The fraction of sp³-hybridized carbons (Fsp3) is 0.143. The van der Waals surface area contributed by atoms with Crippen molar-refractivity contribution >= 4 is 38.5 Å². The first-order valence-electron chi connectivity index (χ1n) is 2.72. The normalized spacial score (nSPS) is 10.0. The summed E-state index contributed by atoms with van der Waals surface area (Å²) in [6, 6.07) is 3.42. The Kier molecular flexibility index (Phi) is 2.68. The van der Waals surface area contributed by atoms with Gasteiger partial charge in [0.05, 0.1) is 4.47 Å². The van der Waals surface area contributed by atoms with Crippen molar-refractivity contribution in [3.8, 4) is 0 Å². The van der Waals surface area contributed by atoms with E-state index < -0.39 is 0 Å². The smallest absolute Gasteiger partial charge is 0.138 e. The number of hydrogen-bond acceptors (Lipinski definition) is 0. The van der Waals surface area contributed by atoms with Crippen LogP contribution in [-0.4, -0.2) is 0 Å². The Morgan fingerprint density at radius 1 is 1.50 bits per heavy atom. The molecule has 0 N–H and O–H groups in total. The predicted octanol–water partition coefficient (Wildman–Crippen LogP) is 3.50. The van der Waals surface area contributed by atoms with Crippen LogP contribution in [0.25, 0.3) is 0 Å². The second-order valence-electron chi connectivity index (χ2n) is 2.02. The molecule has 1 rings (SSSR count). The van der Waals surface area contributed by atoms with Gasteiger partial charge in [-0.25, -0.2) is 4.39 Å². The van der Waals surface area contributed by atoms with Gasteiger partial charge in [0.15, 0.2) is 0 Å². The van der Waals surface area contributed by atoms with Gasteiger partial charge in [-0.05, 0) is 63.1 Å². The zero-order chi connectivity index (χ0) is 7.72. The highest BCUT2D eigenvalue weighted by Gasteiger charge is 2.02. The molecule has 1 aromatic rings. The molecule has 0 aromatic heterocycles. The van der Waals surface area contributed by atoms with Crippen molar-refractivity contribution in [2.45, 2.75) is 6.92 Å². The Morgan fingerprint density at radius 3 is 2.60 bits per heavy atom. The van der Waals surface area contributed by atoms with Gasteiger partial charge in [0.2, 0.25) is 0 Å². The number of aryl methyl sites for hydroxylation is 1. The quantitative estimate of drug-likeness (QED) is 0.508. The highest BCUT2D eigenvalue weighted by atomic mass is 127. The topological polar surface area (TPSA) is 0 Å². The summed E-state index contributed by atoms with van der Waals surface area (Å²) in [7, 11) is 0. The largest absolute Gasteiger partial charge is 0.206 e. The van der Waals surface area contributed by atoms with Gasteiger partial charge < -0.3 is 0 Å². The first-order valence-corrected chi connectivity index (χ1v) is 4.59. The lowest BCUT2D eigenvalue weighted by Crippen LogP contribution is -1.83. The maximum absolute atomic E-state index is 12.8. The van der Waals surface area contributed by atoms with Crippen molar-refractivity contribution < 1.29 is 4.39 Å². The van der Waals surface area contributed by atoms with Crippen LogP contribution in [0.15, 0.2) is 16.6 Å². The highest BCUT2D eigenvalue weighted by molar-refractivity contribution is 14.1. The Morgan fingerprint density at radius 2 is 2.10 bits per heavy atom. The molecule has 3 heteroatoms. The van der Waals surface area contributed by atoms with Gasteiger partial charge in [-0.2, -0.15) is 0 Å². The van der Waals surface area contributed by atoms with E-state index in [0.29, 0.717) is 4.47 Å². The molecule has 0 fully saturated rings. The summed E-state index contributed by atoms with van der Waals surface area (Å²) in [6.07, 6.45) is 0. The van der Waals surface area contributed by atoms with E-state index in [1.165, 1.54) is 6.07 Å².